The number of alkyl carbamates (subject to hydrolysis) is 1. The molecular weight excluding hydrogens is 374 g/mol. The number of hydrogen-bond donors (Lipinski definition) is 2. The molecule has 2 N–H and O–H groups in total. The van der Waals surface area contributed by atoms with Crippen LogP contribution in [0.2, 0.25) is 0 Å². The zero-order valence-corrected chi connectivity index (χ0v) is 16.8. The van der Waals surface area contributed by atoms with Gasteiger partial charge in [0.2, 0.25) is 11.8 Å². The van der Waals surface area contributed by atoms with Crippen molar-refractivity contribution in [3.8, 4) is 0 Å². The summed E-state index contributed by atoms with van der Waals surface area (Å²) < 4.78 is 5.32. The van der Waals surface area contributed by atoms with E-state index in [0.29, 0.717) is 31.4 Å². The predicted octanol–water partition coefficient (Wildman–Crippen LogP) is 1.44. The van der Waals surface area contributed by atoms with Gasteiger partial charge in [0, 0.05) is 24.6 Å². The summed E-state index contributed by atoms with van der Waals surface area (Å²) in [4.78, 5) is 50.0. The predicted molar refractivity (Wildman–Crippen MR) is 103 cm³/mol. The highest BCUT2D eigenvalue weighted by molar-refractivity contribution is 6.05. The van der Waals surface area contributed by atoms with Crippen LogP contribution in [0.3, 0.4) is 0 Å². The molecule has 1 aromatic carbocycles. The van der Waals surface area contributed by atoms with Gasteiger partial charge in [-0.05, 0) is 62.8 Å². The molecule has 2 unspecified atom stereocenters. The van der Waals surface area contributed by atoms with Gasteiger partial charge in [-0.15, -0.1) is 0 Å². The highest BCUT2D eigenvalue weighted by Crippen LogP contribution is 2.33. The molecule has 1 aromatic rings. The Morgan fingerprint density at radius 1 is 1.14 bits per heavy atom. The summed E-state index contributed by atoms with van der Waals surface area (Å²) in [6.45, 7) is 5.82. The Morgan fingerprint density at radius 3 is 2.48 bits per heavy atom. The minimum atomic E-state index is -0.607. The molecule has 0 saturated carbocycles. The first-order chi connectivity index (χ1) is 13.6. The van der Waals surface area contributed by atoms with Crippen LogP contribution in [0.5, 0.6) is 0 Å². The maximum atomic E-state index is 12.9. The Bertz CT molecular complexity index is 918. The van der Waals surface area contributed by atoms with E-state index in [4.69, 9.17) is 4.74 Å². The molecule has 0 aromatic heterocycles. The Balaban J connectivity index is 1.45. The fourth-order valence-electron chi connectivity index (χ4n) is 4.27. The molecule has 2 atom stereocenters. The van der Waals surface area contributed by atoms with Crippen LogP contribution in [0.1, 0.15) is 60.7 Å². The highest BCUT2D eigenvalue weighted by Gasteiger charge is 2.40. The van der Waals surface area contributed by atoms with Crippen LogP contribution < -0.4 is 10.6 Å². The smallest absolute Gasteiger partial charge is 0.407 e. The third-order valence-electron chi connectivity index (χ3n) is 5.50. The maximum absolute atomic E-state index is 12.9. The summed E-state index contributed by atoms with van der Waals surface area (Å²) >= 11 is 0. The average molecular weight is 399 g/mol. The van der Waals surface area contributed by atoms with Gasteiger partial charge in [0.1, 0.15) is 11.6 Å². The molecule has 0 bridgehead atoms. The van der Waals surface area contributed by atoms with Gasteiger partial charge < -0.3 is 15.0 Å². The fourth-order valence-corrected chi connectivity index (χ4v) is 4.27. The number of rotatable bonds is 2. The van der Waals surface area contributed by atoms with E-state index in [0.717, 1.165) is 16.7 Å². The topological polar surface area (TPSA) is 105 Å². The summed E-state index contributed by atoms with van der Waals surface area (Å²) in [5.74, 6) is -0.879. The average Bonchev–Trinajstić information content (AvgIpc) is 3.11. The molecule has 1 saturated heterocycles. The number of carbonyl (C=O) groups excluding carboxylic acids is 4. The molecule has 3 aliphatic rings. The van der Waals surface area contributed by atoms with Crippen molar-refractivity contribution < 1.29 is 23.9 Å². The van der Waals surface area contributed by atoms with Crippen LogP contribution in [0.15, 0.2) is 12.1 Å². The molecule has 0 radical (unpaired) electrons. The lowest BCUT2D eigenvalue weighted by Gasteiger charge is -2.29. The number of piperidine rings is 1. The normalized spacial score (nSPS) is 23.6. The number of nitrogens with one attached hydrogen (secondary N) is 2. The van der Waals surface area contributed by atoms with Crippen molar-refractivity contribution in [1.29, 1.82) is 0 Å². The minimum absolute atomic E-state index is 0.0660. The van der Waals surface area contributed by atoms with Gasteiger partial charge in [-0.1, -0.05) is 6.07 Å². The number of hydrogen-bond acceptors (Lipinski definition) is 5. The van der Waals surface area contributed by atoms with Gasteiger partial charge in [0.25, 0.3) is 5.91 Å². The van der Waals surface area contributed by atoms with Gasteiger partial charge in [0.05, 0.1) is 0 Å². The minimum Gasteiger partial charge on any atom is -0.444 e. The first-order valence-electron chi connectivity index (χ1n) is 9.89. The van der Waals surface area contributed by atoms with E-state index in [2.05, 4.69) is 10.6 Å². The van der Waals surface area contributed by atoms with E-state index in [9.17, 15) is 19.2 Å². The molecule has 0 spiro atoms. The molecule has 1 aliphatic carbocycles. The van der Waals surface area contributed by atoms with Crippen molar-refractivity contribution >= 4 is 23.8 Å². The summed E-state index contributed by atoms with van der Waals surface area (Å²) in [5, 5.41) is 5.21. The molecule has 154 valence electrons. The lowest BCUT2D eigenvalue weighted by molar-refractivity contribution is -0.136. The number of amides is 4. The standard InChI is InChI=1S/C21H25N3O5/c1-21(2,3)29-20(28)22-14-7-11-6-13-10-24(16-4-5-17(25)23-18(16)26)19(27)15(13)9-12(11)8-14/h6,9,14,16H,4-5,7-8,10H2,1-3H3,(H,22,28)(H,23,25,26). The third kappa shape index (κ3) is 3.83. The zero-order chi connectivity index (χ0) is 20.9. The second-order valence-corrected chi connectivity index (χ2v) is 8.93. The van der Waals surface area contributed by atoms with Gasteiger partial charge in [-0.2, -0.15) is 0 Å². The second kappa shape index (κ2) is 6.86. The van der Waals surface area contributed by atoms with Crippen LogP contribution in [0.4, 0.5) is 4.79 Å². The molecule has 8 heteroatoms. The first-order valence-corrected chi connectivity index (χ1v) is 9.89. The van der Waals surface area contributed by atoms with Crippen molar-refractivity contribution in [1.82, 2.24) is 15.5 Å². The number of ether oxygens (including phenoxy) is 1. The van der Waals surface area contributed by atoms with Crippen LogP contribution in [0, 0.1) is 0 Å². The molecule has 29 heavy (non-hydrogen) atoms. The SMILES string of the molecule is CC(C)(C)OC(=O)NC1Cc2cc3c(cc2C1)C(=O)N(C1CCC(=O)NC1=O)C3. The Kier molecular flexibility index (Phi) is 4.59. The van der Waals surface area contributed by atoms with E-state index < -0.39 is 23.6 Å². The van der Waals surface area contributed by atoms with Crippen LogP contribution in [0.25, 0.3) is 0 Å². The molecule has 8 nitrogen and oxygen atoms in total. The van der Waals surface area contributed by atoms with E-state index in [1.54, 1.807) is 4.90 Å². The lowest BCUT2D eigenvalue weighted by Crippen LogP contribution is -2.52. The molecule has 4 amide bonds. The molecule has 4 rings (SSSR count). The molecular formula is C21H25N3O5. The van der Waals surface area contributed by atoms with Crippen molar-refractivity contribution in [3.05, 3.63) is 34.4 Å². The Hall–Kier alpha value is -2.90. The summed E-state index contributed by atoms with van der Waals surface area (Å²) in [7, 11) is 0. The van der Waals surface area contributed by atoms with Crippen molar-refractivity contribution in [2.24, 2.45) is 0 Å². The van der Waals surface area contributed by atoms with E-state index in [1.165, 1.54) is 0 Å². The first kappa shape index (κ1) is 19.4. The van der Waals surface area contributed by atoms with E-state index in [1.807, 2.05) is 32.9 Å². The van der Waals surface area contributed by atoms with Crippen molar-refractivity contribution in [2.75, 3.05) is 0 Å². The van der Waals surface area contributed by atoms with Gasteiger partial charge >= 0.3 is 6.09 Å². The van der Waals surface area contributed by atoms with E-state index >= 15 is 0 Å². The monoisotopic (exact) mass is 399 g/mol. The number of nitrogens with zero attached hydrogens (tertiary/aromatic N) is 1. The number of fused-ring (bicyclic) bond motifs is 2. The second-order valence-electron chi connectivity index (χ2n) is 8.93. The fraction of sp³-hybridized carbons (Fsp3) is 0.524. The summed E-state index contributed by atoms with van der Waals surface area (Å²) in [6, 6.07) is 3.22. The van der Waals surface area contributed by atoms with Crippen LogP contribution in [-0.2, 0) is 33.7 Å². The Labute approximate surface area is 169 Å². The van der Waals surface area contributed by atoms with Crippen molar-refractivity contribution in [2.45, 2.75) is 70.7 Å². The summed E-state index contributed by atoms with van der Waals surface area (Å²) in [5.41, 5.74) is 3.07. The molecule has 2 heterocycles. The quantitative estimate of drug-likeness (QED) is 0.733. The van der Waals surface area contributed by atoms with Crippen LogP contribution in [-0.4, -0.2) is 46.4 Å². The van der Waals surface area contributed by atoms with Gasteiger partial charge in [-0.3, -0.25) is 19.7 Å². The molecule has 2 aliphatic heterocycles. The van der Waals surface area contributed by atoms with Gasteiger partial charge in [0.15, 0.2) is 0 Å². The zero-order valence-electron chi connectivity index (χ0n) is 16.8. The maximum Gasteiger partial charge on any atom is 0.407 e. The lowest BCUT2D eigenvalue weighted by atomic mass is 10.0. The third-order valence-corrected chi connectivity index (χ3v) is 5.50. The summed E-state index contributed by atoms with van der Waals surface area (Å²) in [6.07, 6.45) is 1.46. The Morgan fingerprint density at radius 2 is 1.83 bits per heavy atom. The number of imide groups is 1. The van der Waals surface area contributed by atoms with Crippen LogP contribution >= 0.6 is 0 Å². The number of benzene rings is 1. The van der Waals surface area contributed by atoms with E-state index in [-0.39, 0.29) is 24.3 Å². The number of carbonyl (C=O) groups is 4. The van der Waals surface area contributed by atoms with Crippen molar-refractivity contribution in [3.63, 3.8) is 0 Å². The largest absolute Gasteiger partial charge is 0.444 e. The molecule has 1 fully saturated rings. The highest BCUT2D eigenvalue weighted by atomic mass is 16.6. The van der Waals surface area contributed by atoms with Gasteiger partial charge in [-0.25, -0.2) is 4.79 Å².